The van der Waals surface area contributed by atoms with Gasteiger partial charge in [0.1, 0.15) is 18.4 Å². The molecule has 0 radical (unpaired) electrons. The van der Waals surface area contributed by atoms with E-state index in [0.717, 1.165) is 36.3 Å². The Kier molecular flexibility index (Phi) is 11.8. The summed E-state index contributed by atoms with van der Waals surface area (Å²) >= 11 is 14.9. The number of urea groups is 1. The molecular weight excluding hydrogens is 678 g/mol. The normalized spacial score (nSPS) is 19.3. The Morgan fingerprint density at radius 2 is 1.88 bits per heavy atom. The van der Waals surface area contributed by atoms with Crippen molar-refractivity contribution >= 4 is 57.7 Å². The van der Waals surface area contributed by atoms with Gasteiger partial charge in [-0.2, -0.15) is 0 Å². The molecule has 2 aliphatic rings. The number of hydrogen-bond donors (Lipinski definition) is 2. The monoisotopic (exact) mass is 716 g/mol. The fourth-order valence-corrected chi connectivity index (χ4v) is 5.93. The molecule has 1 aromatic carbocycles. The van der Waals surface area contributed by atoms with E-state index in [1.807, 2.05) is 44.2 Å². The van der Waals surface area contributed by atoms with Crippen LogP contribution in [0, 0.1) is 0 Å². The number of benzene rings is 1. The van der Waals surface area contributed by atoms with Crippen LogP contribution in [0.25, 0.3) is 0 Å². The number of piperidine rings is 1. The zero-order valence-corrected chi connectivity index (χ0v) is 27.5. The molecule has 12 heteroatoms. The number of pyridine rings is 1. The average molecular weight is 717 g/mol. The van der Waals surface area contributed by atoms with Gasteiger partial charge in [-0.3, -0.25) is 14.7 Å². The van der Waals surface area contributed by atoms with Gasteiger partial charge < -0.3 is 25.2 Å². The SMILES string of the molecule is CN[C@@H]1CCN(C(=O)N[C@H](Cc2ccc(Cl)cc2Cl)C(=O)N2CCC(c3ncccc3OC[C@@H](I)N(C)C)CC2)C1. The summed E-state index contributed by atoms with van der Waals surface area (Å²) in [6.45, 7) is 2.95. The van der Waals surface area contributed by atoms with E-state index in [9.17, 15) is 9.59 Å². The summed E-state index contributed by atoms with van der Waals surface area (Å²) in [6.07, 6.45) is 4.49. The van der Waals surface area contributed by atoms with Crippen LogP contribution in [0.15, 0.2) is 36.5 Å². The van der Waals surface area contributed by atoms with E-state index in [-0.39, 0.29) is 34.4 Å². The second-order valence-corrected chi connectivity index (χ2v) is 13.1. The van der Waals surface area contributed by atoms with Crippen LogP contribution in [-0.4, -0.2) is 102 Å². The van der Waals surface area contributed by atoms with Gasteiger partial charge in [0.15, 0.2) is 0 Å². The number of likely N-dealkylation sites (tertiary alicyclic amines) is 2. The number of nitrogens with one attached hydrogen (secondary N) is 2. The van der Waals surface area contributed by atoms with Gasteiger partial charge in [-0.05, 0) is 70.2 Å². The average Bonchev–Trinajstić information content (AvgIpc) is 3.46. The molecule has 0 aliphatic carbocycles. The molecule has 3 amide bonds. The van der Waals surface area contributed by atoms with E-state index in [1.165, 1.54) is 0 Å². The highest BCUT2D eigenvalue weighted by Gasteiger charge is 2.34. The van der Waals surface area contributed by atoms with Crippen LogP contribution < -0.4 is 15.4 Å². The van der Waals surface area contributed by atoms with Gasteiger partial charge in [0, 0.05) is 60.8 Å². The lowest BCUT2D eigenvalue weighted by Crippen LogP contribution is -2.54. The Morgan fingerprint density at radius 1 is 1.15 bits per heavy atom. The molecule has 3 atom stereocenters. The van der Waals surface area contributed by atoms with Gasteiger partial charge in [-0.15, -0.1) is 0 Å². The Bertz CT molecular complexity index is 1200. The molecule has 3 heterocycles. The van der Waals surface area contributed by atoms with Crippen molar-refractivity contribution in [2.75, 3.05) is 53.9 Å². The van der Waals surface area contributed by atoms with Crippen molar-refractivity contribution in [3.63, 3.8) is 0 Å². The highest BCUT2D eigenvalue weighted by atomic mass is 127. The van der Waals surface area contributed by atoms with Crippen LogP contribution in [0.5, 0.6) is 5.75 Å². The lowest BCUT2D eigenvalue weighted by Gasteiger charge is -2.35. The number of halogens is 3. The smallest absolute Gasteiger partial charge is 0.318 e. The minimum Gasteiger partial charge on any atom is -0.489 e. The third kappa shape index (κ3) is 8.59. The number of rotatable bonds is 10. The van der Waals surface area contributed by atoms with E-state index in [2.05, 4.69) is 43.1 Å². The quantitative estimate of drug-likeness (QED) is 0.215. The highest BCUT2D eigenvalue weighted by Crippen LogP contribution is 2.33. The zero-order valence-electron chi connectivity index (χ0n) is 23.8. The minimum absolute atomic E-state index is 0.108. The largest absolute Gasteiger partial charge is 0.489 e. The van der Waals surface area contributed by atoms with E-state index in [1.54, 1.807) is 23.2 Å². The van der Waals surface area contributed by atoms with Crippen LogP contribution in [0.4, 0.5) is 4.79 Å². The number of likely N-dealkylation sites (N-methyl/N-ethyl adjacent to an activating group) is 2. The molecule has 2 aromatic rings. The molecule has 0 saturated carbocycles. The minimum atomic E-state index is -0.744. The molecule has 41 heavy (non-hydrogen) atoms. The predicted molar refractivity (Wildman–Crippen MR) is 171 cm³/mol. The molecule has 4 rings (SSSR count). The van der Waals surface area contributed by atoms with E-state index in [4.69, 9.17) is 27.9 Å². The Labute approximate surface area is 266 Å². The molecule has 0 unspecified atom stereocenters. The maximum Gasteiger partial charge on any atom is 0.318 e. The second-order valence-electron chi connectivity index (χ2n) is 10.9. The van der Waals surface area contributed by atoms with Gasteiger partial charge in [0.05, 0.1) is 9.74 Å². The summed E-state index contributed by atoms with van der Waals surface area (Å²) in [6, 6.07) is 8.37. The van der Waals surface area contributed by atoms with Gasteiger partial charge in [0.25, 0.3) is 0 Å². The van der Waals surface area contributed by atoms with Crippen LogP contribution >= 0.6 is 45.8 Å². The molecule has 9 nitrogen and oxygen atoms in total. The van der Waals surface area contributed by atoms with Crippen molar-refractivity contribution < 1.29 is 14.3 Å². The molecule has 224 valence electrons. The summed E-state index contributed by atoms with van der Waals surface area (Å²) in [4.78, 5) is 37.4. The number of nitrogens with zero attached hydrogens (tertiary/aromatic N) is 4. The third-order valence-electron chi connectivity index (χ3n) is 7.85. The summed E-state index contributed by atoms with van der Waals surface area (Å²) in [7, 11) is 5.95. The maximum absolute atomic E-state index is 13.9. The lowest BCUT2D eigenvalue weighted by molar-refractivity contribution is -0.134. The number of aromatic nitrogens is 1. The Morgan fingerprint density at radius 3 is 2.54 bits per heavy atom. The predicted octanol–water partition coefficient (Wildman–Crippen LogP) is 4.41. The van der Waals surface area contributed by atoms with E-state index in [0.29, 0.717) is 42.8 Å². The first-order valence-electron chi connectivity index (χ1n) is 14.0. The van der Waals surface area contributed by atoms with Crippen LogP contribution in [0.2, 0.25) is 10.0 Å². The van der Waals surface area contributed by atoms with Crippen molar-refractivity contribution in [3.8, 4) is 5.75 Å². The molecular formula is C29H39Cl2IN6O3. The van der Waals surface area contributed by atoms with Gasteiger partial charge in [-0.25, -0.2) is 4.79 Å². The Balaban J connectivity index is 1.43. The highest BCUT2D eigenvalue weighted by molar-refractivity contribution is 14.1. The molecule has 1 aromatic heterocycles. The number of ether oxygens (including phenoxy) is 1. The first-order valence-corrected chi connectivity index (χ1v) is 16.0. The van der Waals surface area contributed by atoms with Crippen molar-refractivity contribution in [1.29, 1.82) is 0 Å². The zero-order chi connectivity index (χ0) is 29.5. The number of amides is 3. The number of alkyl halides is 1. The lowest BCUT2D eigenvalue weighted by atomic mass is 9.91. The van der Waals surface area contributed by atoms with Crippen LogP contribution in [0.1, 0.15) is 36.4 Å². The van der Waals surface area contributed by atoms with Crippen LogP contribution in [0.3, 0.4) is 0 Å². The summed E-state index contributed by atoms with van der Waals surface area (Å²) in [5.74, 6) is 0.876. The van der Waals surface area contributed by atoms with E-state index < -0.39 is 6.04 Å². The standard InChI is InChI=1S/C29H39Cl2IN6O3/c1-33-22-10-14-38(17-22)29(40)35-24(15-20-6-7-21(30)16-23(20)31)28(39)37-12-8-19(9-13-37)27-25(5-4-11-34-27)41-18-26(32)36(2)3/h4-7,11,16,19,22,24,26,33H,8-10,12-15,17-18H2,1-3H3,(H,35,40)/t22-,24-,26+/m1/s1. The van der Waals surface area contributed by atoms with Gasteiger partial charge >= 0.3 is 6.03 Å². The van der Waals surface area contributed by atoms with Crippen molar-refractivity contribution in [3.05, 3.63) is 57.8 Å². The second kappa shape index (κ2) is 15.0. The van der Waals surface area contributed by atoms with Gasteiger partial charge in [-0.1, -0.05) is 51.9 Å². The molecule has 0 bridgehead atoms. The van der Waals surface area contributed by atoms with E-state index >= 15 is 0 Å². The van der Waals surface area contributed by atoms with Crippen molar-refractivity contribution in [2.24, 2.45) is 0 Å². The number of carbonyl (C=O) groups is 2. The van der Waals surface area contributed by atoms with Crippen molar-refractivity contribution in [2.45, 2.75) is 47.7 Å². The number of hydrogen-bond acceptors (Lipinski definition) is 6. The first-order chi connectivity index (χ1) is 19.7. The third-order valence-corrected chi connectivity index (χ3v) is 9.91. The molecule has 2 aliphatic heterocycles. The fourth-order valence-electron chi connectivity index (χ4n) is 5.26. The van der Waals surface area contributed by atoms with Crippen molar-refractivity contribution in [1.82, 2.24) is 30.3 Å². The summed E-state index contributed by atoms with van der Waals surface area (Å²) in [5, 5.41) is 7.25. The summed E-state index contributed by atoms with van der Waals surface area (Å²) in [5.41, 5.74) is 1.70. The first kappa shape index (κ1) is 32.1. The van der Waals surface area contributed by atoms with Crippen LogP contribution in [-0.2, 0) is 11.2 Å². The fraction of sp³-hybridized carbons (Fsp3) is 0.552. The Hall–Kier alpha value is -1.86. The molecule has 2 saturated heterocycles. The molecule has 2 N–H and O–H groups in total. The topological polar surface area (TPSA) is 90.0 Å². The molecule has 2 fully saturated rings. The maximum atomic E-state index is 13.9. The summed E-state index contributed by atoms with van der Waals surface area (Å²) < 4.78 is 6.39. The number of carbonyl (C=O) groups excluding carboxylic acids is 2. The molecule has 0 spiro atoms. The van der Waals surface area contributed by atoms with Gasteiger partial charge in [0.2, 0.25) is 5.91 Å².